The molecule has 5 nitrogen and oxygen atoms in total. The molecule has 0 bridgehead atoms. The number of hydrogen-bond acceptors (Lipinski definition) is 4. The Hall–Kier alpha value is -1.17. The van der Waals surface area contributed by atoms with Gasteiger partial charge in [0.2, 0.25) is 0 Å². The highest BCUT2D eigenvalue weighted by atomic mass is 16.5. The third-order valence-corrected chi connectivity index (χ3v) is 3.29. The number of nitrogens with one attached hydrogen (secondary N) is 2. The van der Waals surface area contributed by atoms with Crippen molar-refractivity contribution < 1.29 is 10.0 Å². The maximum absolute atomic E-state index is 12.2. The fourth-order valence-electron chi connectivity index (χ4n) is 2.18. The molecule has 1 aliphatic carbocycles. The minimum atomic E-state index is -0.102. The maximum atomic E-state index is 12.2. The molecule has 5 heteroatoms. The van der Waals surface area contributed by atoms with Crippen molar-refractivity contribution in [3.05, 3.63) is 23.8 Å². The highest BCUT2D eigenvalue weighted by molar-refractivity contribution is 5.96. The van der Waals surface area contributed by atoms with Gasteiger partial charge in [-0.25, -0.2) is 0 Å². The van der Waals surface area contributed by atoms with Crippen LogP contribution in [0.1, 0.15) is 6.92 Å². The van der Waals surface area contributed by atoms with Crippen molar-refractivity contribution in [3.8, 4) is 0 Å². The number of hydroxylamine groups is 1. The van der Waals surface area contributed by atoms with Crippen molar-refractivity contribution in [2.24, 2.45) is 5.92 Å². The van der Waals surface area contributed by atoms with E-state index in [1.54, 1.807) is 6.08 Å². The lowest BCUT2D eigenvalue weighted by Crippen LogP contribution is -2.47. The Morgan fingerprint density at radius 1 is 1.53 bits per heavy atom. The number of carbonyl (C=O) groups excluding carboxylic acids is 1. The molecule has 2 unspecified atom stereocenters. The van der Waals surface area contributed by atoms with E-state index in [1.807, 2.05) is 24.0 Å². The van der Waals surface area contributed by atoms with E-state index in [1.165, 1.54) is 0 Å². The molecule has 94 valence electrons. The third-order valence-electron chi connectivity index (χ3n) is 3.29. The Bertz CT molecular complexity index is 346. The van der Waals surface area contributed by atoms with Crippen LogP contribution in [0.2, 0.25) is 0 Å². The highest BCUT2D eigenvalue weighted by Crippen LogP contribution is 2.18. The van der Waals surface area contributed by atoms with Gasteiger partial charge in [0.15, 0.2) is 0 Å². The first-order valence-electron chi connectivity index (χ1n) is 6.02. The molecule has 2 rings (SSSR count). The summed E-state index contributed by atoms with van der Waals surface area (Å²) in [5, 5.41) is 12.1. The van der Waals surface area contributed by atoms with Gasteiger partial charge in [0.05, 0.1) is 6.04 Å². The van der Waals surface area contributed by atoms with Crippen molar-refractivity contribution in [3.63, 3.8) is 0 Å². The molecule has 1 aliphatic heterocycles. The van der Waals surface area contributed by atoms with Gasteiger partial charge < -0.3 is 15.4 Å². The van der Waals surface area contributed by atoms with Crippen LogP contribution in [0.3, 0.4) is 0 Å². The fraction of sp³-hybridized carbons (Fsp3) is 0.583. The van der Waals surface area contributed by atoms with E-state index in [9.17, 15) is 4.79 Å². The molecule has 0 radical (unpaired) electrons. The summed E-state index contributed by atoms with van der Waals surface area (Å²) >= 11 is 0. The SMILES string of the molecule is CC1C=C(C(=O)N2CCNCC2)C=CC1NO. The number of nitrogens with zero attached hydrogens (tertiary/aromatic N) is 1. The molecule has 0 aromatic carbocycles. The first-order chi connectivity index (χ1) is 8.22. The molecule has 0 aromatic rings. The lowest BCUT2D eigenvalue weighted by Gasteiger charge is -2.29. The highest BCUT2D eigenvalue weighted by Gasteiger charge is 2.23. The minimum Gasteiger partial charge on any atom is -0.336 e. The largest absolute Gasteiger partial charge is 0.336 e. The van der Waals surface area contributed by atoms with Crippen molar-refractivity contribution in [2.75, 3.05) is 26.2 Å². The zero-order valence-electron chi connectivity index (χ0n) is 10.0. The van der Waals surface area contributed by atoms with E-state index in [-0.39, 0.29) is 17.9 Å². The number of piperazine rings is 1. The molecule has 0 spiro atoms. The van der Waals surface area contributed by atoms with Crippen LogP contribution in [0, 0.1) is 5.92 Å². The van der Waals surface area contributed by atoms with Gasteiger partial charge in [-0.05, 0) is 5.92 Å². The topological polar surface area (TPSA) is 64.6 Å². The van der Waals surface area contributed by atoms with Crippen LogP contribution < -0.4 is 10.8 Å². The van der Waals surface area contributed by atoms with E-state index in [0.717, 1.165) is 31.8 Å². The van der Waals surface area contributed by atoms with Crippen molar-refractivity contribution in [1.82, 2.24) is 15.7 Å². The van der Waals surface area contributed by atoms with E-state index < -0.39 is 0 Å². The summed E-state index contributed by atoms with van der Waals surface area (Å²) in [5.41, 5.74) is 2.95. The predicted octanol–water partition coefficient (Wildman–Crippen LogP) is -0.102. The molecule has 0 aromatic heterocycles. The Labute approximate surface area is 101 Å². The third kappa shape index (κ3) is 2.74. The van der Waals surface area contributed by atoms with Gasteiger partial charge in [-0.3, -0.25) is 4.79 Å². The molecular weight excluding hydrogens is 218 g/mol. The van der Waals surface area contributed by atoms with Crippen LogP contribution >= 0.6 is 0 Å². The van der Waals surface area contributed by atoms with Gasteiger partial charge in [0.25, 0.3) is 5.91 Å². The van der Waals surface area contributed by atoms with Crippen molar-refractivity contribution >= 4 is 5.91 Å². The number of hydrogen-bond donors (Lipinski definition) is 3. The summed E-state index contributed by atoms with van der Waals surface area (Å²) in [6.45, 7) is 5.22. The average Bonchev–Trinajstić information content (AvgIpc) is 2.39. The predicted molar refractivity (Wildman–Crippen MR) is 64.5 cm³/mol. The second-order valence-electron chi connectivity index (χ2n) is 4.54. The first-order valence-corrected chi connectivity index (χ1v) is 6.02. The minimum absolute atomic E-state index is 0.0889. The van der Waals surface area contributed by atoms with E-state index >= 15 is 0 Å². The van der Waals surface area contributed by atoms with Gasteiger partial charge in [-0.15, -0.1) is 0 Å². The zero-order valence-corrected chi connectivity index (χ0v) is 10.0. The molecule has 1 amide bonds. The summed E-state index contributed by atoms with van der Waals surface area (Å²) in [5.74, 6) is 0.206. The van der Waals surface area contributed by atoms with Crippen molar-refractivity contribution in [2.45, 2.75) is 13.0 Å². The average molecular weight is 237 g/mol. The van der Waals surface area contributed by atoms with Crippen LogP contribution in [-0.4, -0.2) is 48.2 Å². The summed E-state index contributed by atoms with van der Waals surface area (Å²) in [6, 6.07) is -0.102. The number of rotatable bonds is 2. The Morgan fingerprint density at radius 2 is 2.24 bits per heavy atom. The summed E-state index contributed by atoms with van der Waals surface area (Å²) < 4.78 is 0. The molecule has 0 saturated carbocycles. The molecule has 1 heterocycles. The molecule has 3 N–H and O–H groups in total. The lowest BCUT2D eigenvalue weighted by atomic mass is 9.93. The van der Waals surface area contributed by atoms with Gasteiger partial charge in [-0.1, -0.05) is 25.2 Å². The number of carbonyl (C=O) groups is 1. The molecular formula is C12H19N3O2. The monoisotopic (exact) mass is 237 g/mol. The number of amides is 1. The Balaban J connectivity index is 2.03. The maximum Gasteiger partial charge on any atom is 0.253 e. The van der Waals surface area contributed by atoms with E-state index in [4.69, 9.17) is 5.21 Å². The lowest BCUT2D eigenvalue weighted by molar-refractivity contribution is -0.127. The van der Waals surface area contributed by atoms with Gasteiger partial charge in [-0.2, -0.15) is 5.48 Å². The second kappa shape index (κ2) is 5.44. The van der Waals surface area contributed by atoms with Crippen LogP contribution in [0.25, 0.3) is 0 Å². The van der Waals surface area contributed by atoms with E-state index in [0.29, 0.717) is 0 Å². The molecule has 1 fully saturated rings. The smallest absolute Gasteiger partial charge is 0.253 e. The quantitative estimate of drug-likeness (QED) is 0.587. The summed E-state index contributed by atoms with van der Waals surface area (Å²) in [7, 11) is 0. The van der Waals surface area contributed by atoms with Crippen molar-refractivity contribution in [1.29, 1.82) is 0 Å². The van der Waals surface area contributed by atoms with Crippen LogP contribution in [0.5, 0.6) is 0 Å². The van der Waals surface area contributed by atoms with Gasteiger partial charge >= 0.3 is 0 Å². The van der Waals surface area contributed by atoms with Crippen LogP contribution in [0.15, 0.2) is 23.8 Å². The Kier molecular flexibility index (Phi) is 3.93. The van der Waals surface area contributed by atoms with Crippen LogP contribution in [0.4, 0.5) is 0 Å². The Morgan fingerprint density at radius 3 is 2.82 bits per heavy atom. The molecule has 17 heavy (non-hydrogen) atoms. The summed E-state index contributed by atoms with van der Waals surface area (Å²) in [4.78, 5) is 14.1. The fourth-order valence-corrected chi connectivity index (χ4v) is 2.18. The van der Waals surface area contributed by atoms with Crippen LogP contribution in [-0.2, 0) is 4.79 Å². The standard InChI is InChI=1S/C12H19N3O2/c1-9-8-10(2-3-11(9)14-17)12(16)15-6-4-13-5-7-15/h2-3,8-9,11,13-14,17H,4-7H2,1H3. The van der Waals surface area contributed by atoms with Gasteiger partial charge in [0, 0.05) is 31.8 Å². The summed E-state index contributed by atoms with van der Waals surface area (Å²) in [6.07, 6.45) is 5.54. The molecule has 2 atom stereocenters. The molecule has 2 aliphatic rings. The van der Waals surface area contributed by atoms with E-state index in [2.05, 4.69) is 10.8 Å². The molecule has 1 saturated heterocycles. The van der Waals surface area contributed by atoms with Gasteiger partial charge in [0.1, 0.15) is 0 Å². The normalized spacial score (nSPS) is 29.1. The first kappa shape index (κ1) is 12.3. The zero-order chi connectivity index (χ0) is 12.3. The second-order valence-corrected chi connectivity index (χ2v) is 4.54.